The summed E-state index contributed by atoms with van der Waals surface area (Å²) in [4.78, 5) is 16.2. The molecule has 5 aromatic carbocycles. The maximum absolute atomic E-state index is 13.7. The van der Waals surface area contributed by atoms with Gasteiger partial charge in [-0.05, 0) is 64.9 Å². The fourth-order valence-corrected chi connectivity index (χ4v) is 9.39. The number of hydrogen-bond donors (Lipinski definition) is 3. The number of ether oxygens (including phenoxy) is 4. The molecule has 60 heavy (non-hydrogen) atoms. The molecule has 0 bridgehead atoms. The van der Waals surface area contributed by atoms with E-state index in [4.69, 9.17) is 18.9 Å². The Kier molecular flexibility index (Phi) is 13.2. The van der Waals surface area contributed by atoms with Gasteiger partial charge in [0, 0.05) is 51.0 Å². The van der Waals surface area contributed by atoms with Crippen LogP contribution in [0, 0.1) is 6.92 Å². The number of nitrogens with zero attached hydrogens (tertiary/aromatic N) is 1. The highest BCUT2D eigenvalue weighted by Gasteiger charge is 2.41. The van der Waals surface area contributed by atoms with E-state index >= 15 is 0 Å². The number of aryl methyl sites for hydroxylation is 1. The maximum Gasteiger partial charge on any atom is 0.241 e. The quantitative estimate of drug-likeness (QED) is 0.111. The maximum atomic E-state index is 13.7. The predicted molar refractivity (Wildman–Crippen MR) is 228 cm³/mol. The molecule has 3 heterocycles. The molecule has 0 aliphatic carbocycles. The normalized spacial score (nSPS) is 21.1. The summed E-state index contributed by atoms with van der Waals surface area (Å²) in [6, 6.07) is 39.0. The monoisotopic (exact) mass is 831 g/mol. The minimum absolute atomic E-state index is 0.0119. The molecule has 0 saturated carbocycles. The van der Waals surface area contributed by atoms with Crippen LogP contribution in [-0.2, 0) is 53.3 Å². The van der Waals surface area contributed by atoms with Crippen molar-refractivity contribution in [3.8, 4) is 11.1 Å². The van der Waals surface area contributed by atoms with Crippen molar-refractivity contribution in [1.82, 2.24) is 14.9 Å². The topological polar surface area (TPSA) is 136 Å². The number of carbonyl (C=O) groups excluding carboxylic acids is 1. The highest BCUT2D eigenvalue weighted by atomic mass is 32.2. The lowest BCUT2D eigenvalue weighted by atomic mass is 9.98. The molecule has 3 saturated heterocycles. The van der Waals surface area contributed by atoms with Gasteiger partial charge in [0.05, 0.1) is 36.9 Å². The standard InChI is InChI=1S/C48H53N3O8S/c1-34-10-20-43(21-11-34)60(54,55)50-44(29-35-6-3-2-4-7-35)46(53)49-31-37-8-5-9-41(28-37)38-16-18-40(19-17-38)47-58-42(30-45(59-47)39-14-12-36(33-52)13-15-39)32-51-24-22-48(23-25-51)56-26-27-57-48/h2-21,28,42,44-45,47,50,52H,22-27,29-33H2,1H3,(H,49,53). The van der Waals surface area contributed by atoms with Gasteiger partial charge in [-0.15, -0.1) is 0 Å². The number of benzene rings is 5. The first-order chi connectivity index (χ1) is 29.1. The van der Waals surface area contributed by atoms with Crippen molar-refractivity contribution >= 4 is 15.9 Å². The van der Waals surface area contributed by atoms with E-state index in [1.54, 1.807) is 24.3 Å². The third-order valence-corrected chi connectivity index (χ3v) is 13.1. The number of rotatable bonds is 14. The van der Waals surface area contributed by atoms with Crippen molar-refractivity contribution < 1.29 is 37.3 Å². The molecule has 0 radical (unpaired) electrons. The molecule has 3 aliphatic heterocycles. The van der Waals surface area contributed by atoms with Crippen molar-refractivity contribution in [3.63, 3.8) is 0 Å². The van der Waals surface area contributed by atoms with E-state index < -0.39 is 34.0 Å². The Balaban J connectivity index is 0.936. The summed E-state index contributed by atoms with van der Waals surface area (Å²) < 4.78 is 54.6. The number of amides is 1. The van der Waals surface area contributed by atoms with Gasteiger partial charge in [0.15, 0.2) is 12.1 Å². The first-order valence-electron chi connectivity index (χ1n) is 20.7. The van der Waals surface area contributed by atoms with E-state index in [1.165, 1.54) is 0 Å². The van der Waals surface area contributed by atoms with Crippen LogP contribution in [0.3, 0.4) is 0 Å². The van der Waals surface area contributed by atoms with E-state index in [0.29, 0.717) is 19.6 Å². The smallest absolute Gasteiger partial charge is 0.241 e. The van der Waals surface area contributed by atoms with Crippen LogP contribution in [0.5, 0.6) is 0 Å². The van der Waals surface area contributed by atoms with Crippen molar-refractivity contribution in [1.29, 1.82) is 0 Å². The van der Waals surface area contributed by atoms with E-state index in [9.17, 15) is 18.3 Å². The van der Waals surface area contributed by atoms with Crippen molar-refractivity contribution in [2.24, 2.45) is 0 Å². The van der Waals surface area contributed by atoms with Gasteiger partial charge >= 0.3 is 0 Å². The number of aliphatic hydroxyl groups is 1. The zero-order chi connectivity index (χ0) is 41.5. The van der Waals surface area contributed by atoms with Gasteiger partial charge in [0.25, 0.3) is 0 Å². The Bertz CT molecular complexity index is 2290. The zero-order valence-corrected chi connectivity index (χ0v) is 34.7. The number of sulfonamides is 1. The predicted octanol–water partition coefficient (Wildman–Crippen LogP) is 6.74. The van der Waals surface area contributed by atoms with Crippen molar-refractivity contribution in [2.45, 2.75) is 81.0 Å². The van der Waals surface area contributed by atoms with Crippen LogP contribution < -0.4 is 10.0 Å². The number of carbonyl (C=O) groups is 1. The van der Waals surface area contributed by atoms with Crippen LogP contribution in [0.4, 0.5) is 0 Å². The molecular formula is C48H53N3O8S. The molecule has 1 spiro atoms. The largest absolute Gasteiger partial charge is 0.392 e. The molecule has 8 rings (SSSR count). The molecule has 0 aromatic heterocycles. The molecule has 3 fully saturated rings. The molecular weight excluding hydrogens is 779 g/mol. The van der Waals surface area contributed by atoms with Crippen molar-refractivity contribution in [2.75, 3.05) is 32.8 Å². The second-order valence-electron chi connectivity index (χ2n) is 16.0. The molecule has 5 aromatic rings. The summed E-state index contributed by atoms with van der Waals surface area (Å²) in [5, 5.41) is 12.6. The molecule has 11 nitrogen and oxygen atoms in total. The summed E-state index contributed by atoms with van der Waals surface area (Å²) in [6.07, 6.45) is 1.75. The zero-order valence-electron chi connectivity index (χ0n) is 33.9. The Labute approximate surface area is 352 Å². The van der Waals surface area contributed by atoms with Gasteiger partial charge in [-0.1, -0.05) is 115 Å². The van der Waals surface area contributed by atoms with Gasteiger partial charge in [0.1, 0.15) is 6.04 Å². The van der Waals surface area contributed by atoms with Crippen LogP contribution in [0.1, 0.15) is 65.0 Å². The first-order valence-corrected chi connectivity index (χ1v) is 22.2. The number of likely N-dealkylation sites (tertiary alicyclic amines) is 1. The number of piperidine rings is 1. The lowest BCUT2D eigenvalue weighted by Gasteiger charge is -2.41. The minimum Gasteiger partial charge on any atom is -0.392 e. The van der Waals surface area contributed by atoms with E-state index in [1.807, 2.05) is 97.9 Å². The SMILES string of the molecule is Cc1ccc(S(=O)(=O)NC(Cc2ccccc2)C(=O)NCc2cccc(-c3ccc(C4OC(CN5CCC6(CC5)OCCO6)CC(c5ccc(CO)cc5)O4)cc3)c2)cc1. The molecule has 3 N–H and O–H groups in total. The molecule has 12 heteroatoms. The molecule has 3 aliphatic rings. The Hall–Kier alpha value is -4.76. The second kappa shape index (κ2) is 18.9. The van der Waals surface area contributed by atoms with Gasteiger partial charge in [-0.2, -0.15) is 4.72 Å². The minimum atomic E-state index is -3.96. The summed E-state index contributed by atoms with van der Waals surface area (Å²) >= 11 is 0. The summed E-state index contributed by atoms with van der Waals surface area (Å²) in [7, 11) is -3.96. The lowest BCUT2D eigenvalue weighted by Crippen LogP contribution is -2.48. The first kappa shape index (κ1) is 42.0. The number of nitrogens with one attached hydrogen (secondary N) is 2. The summed E-state index contributed by atoms with van der Waals surface area (Å²) in [5.74, 6) is -0.850. The summed E-state index contributed by atoms with van der Waals surface area (Å²) in [6.45, 7) is 5.93. The van der Waals surface area contributed by atoms with Gasteiger partial charge in [0.2, 0.25) is 15.9 Å². The third-order valence-electron chi connectivity index (χ3n) is 11.6. The lowest BCUT2D eigenvalue weighted by molar-refractivity contribution is -0.255. The van der Waals surface area contributed by atoms with Crippen LogP contribution >= 0.6 is 0 Å². The van der Waals surface area contributed by atoms with Gasteiger partial charge in [-0.25, -0.2) is 8.42 Å². The highest BCUT2D eigenvalue weighted by Crippen LogP contribution is 2.39. The Morgan fingerprint density at radius 1 is 0.783 bits per heavy atom. The van der Waals surface area contributed by atoms with Gasteiger partial charge in [-0.3, -0.25) is 4.79 Å². The van der Waals surface area contributed by atoms with Crippen LogP contribution in [0.25, 0.3) is 11.1 Å². The number of hydrogen-bond acceptors (Lipinski definition) is 9. The van der Waals surface area contributed by atoms with Crippen LogP contribution in [0.2, 0.25) is 0 Å². The van der Waals surface area contributed by atoms with E-state index in [-0.39, 0.29) is 36.7 Å². The molecule has 4 atom stereocenters. The molecule has 4 unspecified atom stereocenters. The average Bonchev–Trinajstić information content (AvgIpc) is 3.74. The molecule has 1 amide bonds. The molecule has 314 valence electrons. The number of aliphatic hydroxyl groups excluding tert-OH is 1. The fourth-order valence-electron chi connectivity index (χ4n) is 8.20. The van der Waals surface area contributed by atoms with Crippen LogP contribution in [-0.4, -0.2) is 75.1 Å². The van der Waals surface area contributed by atoms with Crippen LogP contribution in [0.15, 0.2) is 132 Å². The second-order valence-corrected chi connectivity index (χ2v) is 17.7. The van der Waals surface area contributed by atoms with E-state index in [2.05, 4.69) is 27.1 Å². The Morgan fingerprint density at radius 3 is 2.17 bits per heavy atom. The highest BCUT2D eigenvalue weighted by molar-refractivity contribution is 7.89. The Morgan fingerprint density at radius 2 is 1.47 bits per heavy atom. The summed E-state index contributed by atoms with van der Waals surface area (Å²) in [5.41, 5.74) is 7.42. The average molecular weight is 832 g/mol. The van der Waals surface area contributed by atoms with Gasteiger partial charge < -0.3 is 34.3 Å². The third kappa shape index (κ3) is 10.4. The van der Waals surface area contributed by atoms with Crippen molar-refractivity contribution in [3.05, 3.63) is 161 Å². The van der Waals surface area contributed by atoms with E-state index in [0.717, 1.165) is 77.0 Å². The fraction of sp³-hybridized carbons (Fsp3) is 0.354.